The predicted molar refractivity (Wildman–Crippen MR) is 61.9 cm³/mol. The molecule has 0 spiro atoms. The van der Waals surface area contributed by atoms with Crippen molar-refractivity contribution in [2.45, 2.75) is 32.9 Å². The summed E-state index contributed by atoms with van der Waals surface area (Å²) in [5, 5.41) is 8.81. The van der Waals surface area contributed by atoms with E-state index in [0.29, 0.717) is 19.8 Å². The van der Waals surface area contributed by atoms with E-state index in [2.05, 4.69) is 0 Å². The number of aliphatic carboxylic acids is 1. The normalized spacial score (nSPS) is 20.5. The molecule has 0 bridgehead atoms. The van der Waals surface area contributed by atoms with Gasteiger partial charge in [-0.05, 0) is 20.8 Å². The van der Waals surface area contributed by atoms with Gasteiger partial charge in [0.1, 0.15) is 6.54 Å². The highest BCUT2D eigenvalue weighted by Gasteiger charge is 2.30. The van der Waals surface area contributed by atoms with Gasteiger partial charge in [0.05, 0.1) is 19.3 Å². The first-order valence-electron chi connectivity index (χ1n) is 5.80. The lowest BCUT2D eigenvalue weighted by atomic mass is 10.2. The number of nitrogens with zero attached hydrogens (tertiary/aromatic N) is 2. The molecule has 17 heavy (non-hydrogen) atoms. The van der Waals surface area contributed by atoms with Gasteiger partial charge in [0.15, 0.2) is 0 Å². The van der Waals surface area contributed by atoms with Gasteiger partial charge in [0, 0.05) is 12.6 Å². The Morgan fingerprint density at radius 2 is 2.18 bits per heavy atom. The Hall–Kier alpha value is -1.30. The van der Waals surface area contributed by atoms with Crippen LogP contribution >= 0.6 is 0 Å². The number of hydrogen-bond acceptors (Lipinski definition) is 3. The van der Waals surface area contributed by atoms with Crippen molar-refractivity contribution in [1.29, 1.82) is 0 Å². The number of amides is 2. The third kappa shape index (κ3) is 3.59. The van der Waals surface area contributed by atoms with Crippen molar-refractivity contribution >= 4 is 12.0 Å². The lowest BCUT2D eigenvalue weighted by molar-refractivity contribution is -0.138. The van der Waals surface area contributed by atoms with Gasteiger partial charge in [0.25, 0.3) is 0 Å². The topological polar surface area (TPSA) is 70.1 Å². The fourth-order valence-corrected chi connectivity index (χ4v) is 1.79. The first-order chi connectivity index (χ1) is 7.93. The number of rotatable bonds is 3. The number of hydrogen-bond donors (Lipinski definition) is 1. The third-order valence-corrected chi connectivity index (χ3v) is 2.79. The maximum absolute atomic E-state index is 12.2. The zero-order chi connectivity index (χ0) is 13.0. The van der Waals surface area contributed by atoms with Crippen molar-refractivity contribution in [3.8, 4) is 0 Å². The van der Waals surface area contributed by atoms with E-state index in [4.69, 9.17) is 9.84 Å². The van der Waals surface area contributed by atoms with Crippen molar-refractivity contribution in [3.63, 3.8) is 0 Å². The highest BCUT2D eigenvalue weighted by molar-refractivity contribution is 5.80. The van der Waals surface area contributed by atoms with E-state index in [-0.39, 0.29) is 24.7 Å². The molecule has 6 heteroatoms. The van der Waals surface area contributed by atoms with E-state index in [1.807, 2.05) is 20.8 Å². The maximum atomic E-state index is 12.2. The highest BCUT2D eigenvalue weighted by Crippen LogP contribution is 2.11. The fourth-order valence-electron chi connectivity index (χ4n) is 1.79. The number of morpholine rings is 1. The SMILES string of the molecule is CC(C)N(CC(=O)O)C(=O)N1CCOCC1C. The Balaban J connectivity index is 2.72. The fraction of sp³-hybridized carbons (Fsp3) is 0.818. The van der Waals surface area contributed by atoms with Gasteiger partial charge in [-0.2, -0.15) is 0 Å². The van der Waals surface area contributed by atoms with Gasteiger partial charge >= 0.3 is 12.0 Å². The summed E-state index contributed by atoms with van der Waals surface area (Å²) in [5.41, 5.74) is 0. The Morgan fingerprint density at radius 3 is 2.65 bits per heavy atom. The Kier molecular flexibility index (Phi) is 4.74. The molecule has 1 unspecified atom stereocenters. The van der Waals surface area contributed by atoms with Crippen molar-refractivity contribution in [2.75, 3.05) is 26.3 Å². The predicted octanol–water partition coefficient (Wildman–Crippen LogP) is 0.622. The molecule has 1 aliphatic rings. The molecule has 0 saturated carbocycles. The zero-order valence-electron chi connectivity index (χ0n) is 10.5. The van der Waals surface area contributed by atoms with E-state index in [9.17, 15) is 9.59 Å². The molecule has 98 valence electrons. The minimum atomic E-state index is -0.993. The quantitative estimate of drug-likeness (QED) is 0.790. The first-order valence-corrected chi connectivity index (χ1v) is 5.80. The van der Waals surface area contributed by atoms with Gasteiger partial charge < -0.3 is 19.6 Å². The molecule has 1 heterocycles. The number of urea groups is 1. The maximum Gasteiger partial charge on any atom is 0.323 e. The minimum Gasteiger partial charge on any atom is -0.480 e. The van der Waals surface area contributed by atoms with Crippen LogP contribution in [0.2, 0.25) is 0 Å². The Labute approximate surface area is 101 Å². The molecule has 0 aliphatic carbocycles. The standard InChI is InChI=1S/C11H20N2O4/c1-8(2)13(6-10(14)15)11(16)12-4-5-17-7-9(12)3/h8-9H,4-7H2,1-3H3,(H,14,15). The molecule has 0 aromatic rings. The second-order valence-corrected chi connectivity index (χ2v) is 4.52. The molecule has 0 aromatic heterocycles. The number of carboxylic acids is 1. The highest BCUT2D eigenvalue weighted by atomic mass is 16.5. The van der Waals surface area contributed by atoms with E-state index in [1.165, 1.54) is 4.90 Å². The molecule has 6 nitrogen and oxygen atoms in total. The van der Waals surface area contributed by atoms with Crippen LogP contribution < -0.4 is 0 Å². The van der Waals surface area contributed by atoms with Crippen LogP contribution in [0.25, 0.3) is 0 Å². The van der Waals surface area contributed by atoms with Crippen LogP contribution in [-0.4, -0.2) is 65.3 Å². The molecule has 2 amide bonds. The van der Waals surface area contributed by atoms with Crippen LogP contribution in [0.3, 0.4) is 0 Å². The smallest absolute Gasteiger partial charge is 0.323 e. The molecule has 0 radical (unpaired) electrons. The van der Waals surface area contributed by atoms with Gasteiger partial charge in [0.2, 0.25) is 0 Å². The summed E-state index contributed by atoms with van der Waals surface area (Å²) in [5.74, 6) is -0.993. The number of ether oxygens (including phenoxy) is 1. The van der Waals surface area contributed by atoms with Gasteiger partial charge in [-0.1, -0.05) is 0 Å². The summed E-state index contributed by atoms with van der Waals surface area (Å²) in [4.78, 5) is 26.0. The third-order valence-electron chi connectivity index (χ3n) is 2.79. The monoisotopic (exact) mass is 244 g/mol. The molecule has 1 atom stereocenters. The number of carboxylic acid groups (broad SMARTS) is 1. The van der Waals surface area contributed by atoms with Crippen LogP contribution in [0.5, 0.6) is 0 Å². The Morgan fingerprint density at radius 1 is 1.53 bits per heavy atom. The van der Waals surface area contributed by atoms with Crippen molar-refractivity contribution in [3.05, 3.63) is 0 Å². The second-order valence-electron chi connectivity index (χ2n) is 4.52. The first kappa shape index (κ1) is 13.8. The summed E-state index contributed by atoms with van der Waals surface area (Å²) in [6, 6.07) is -0.363. The summed E-state index contributed by atoms with van der Waals surface area (Å²) in [6.07, 6.45) is 0. The lowest BCUT2D eigenvalue weighted by Crippen LogP contribution is -2.55. The van der Waals surface area contributed by atoms with Gasteiger partial charge in [-0.3, -0.25) is 4.79 Å². The summed E-state index contributed by atoms with van der Waals surface area (Å²) >= 11 is 0. The number of carbonyl (C=O) groups excluding carboxylic acids is 1. The molecule has 0 aromatic carbocycles. The molecule has 1 fully saturated rings. The average Bonchev–Trinajstić information content (AvgIpc) is 2.25. The second kappa shape index (κ2) is 5.86. The average molecular weight is 244 g/mol. The van der Waals surface area contributed by atoms with Crippen molar-refractivity contribution in [2.24, 2.45) is 0 Å². The largest absolute Gasteiger partial charge is 0.480 e. The van der Waals surface area contributed by atoms with E-state index >= 15 is 0 Å². The Bertz CT molecular complexity index is 293. The van der Waals surface area contributed by atoms with Crippen LogP contribution in [0, 0.1) is 0 Å². The zero-order valence-corrected chi connectivity index (χ0v) is 10.5. The van der Waals surface area contributed by atoms with Crippen molar-refractivity contribution in [1.82, 2.24) is 9.80 Å². The summed E-state index contributed by atoms with van der Waals surface area (Å²) in [6.45, 7) is 6.79. The lowest BCUT2D eigenvalue weighted by Gasteiger charge is -2.38. The summed E-state index contributed by atoms with van der Waals surface area (Å²) < 4.78 is 5.25. The van der Waals surface area contributed by atoms with E-state index < -0.39 is 5.97 Å². The minimum absolute atomic E-state index is 0.00806. The van der Waals surface area contributed by atoms with Crippen LogP contribution in [0.4, 0.5) is 4.79 Å². The van der Waals surface area contributed by atoms with E-state index in [0.717, 1.165) is 0 Å². The van der Waals surface area contributed by atoms with Gasteiger partial charge in [-0.25, -0.2) is 4.79 Å². The molecule has 1 saturated heterocycles. The van der Waals surface area contributed by atoms with Crippen LogP contribution in [0.1, 0.15) is 20.8 Å². The molecule has 1 aliphatic heterocycles. The van der Waals surface area contributed by atoms with Crippen LogP contribution in [0.15, 0.2) is 0 Å². The summed E-state index contributed by atoms with van der Waals surface area (Å²) in [7, 11) is 0. The van der Waals surface area contributed by atoms with Crippen molar-refractivity contribution < 1.29 is 19.4 Å². The molecular weight excluding hydrogens is 224 g/mol. The number of carbonyl (C=O) groups is 2. The van der Waals surface area contributed by atoms with Gasteiger partial charge in [-0.15, -0.1) is 0 Å². The molecule has 1 rings (SSSR count). The van der Waals surface area contributed by atoms with E-state index in [1.54, 1.807) is 4.90 Å². The molecular formula is C11H20N2O4. The van der Waals surface area contributed by atoms with Crippen LogP contribution in [-0.2, 0) is 9.53 Å². The molecule has 1 N–H and O–H groups in total.